The topological polar surface area (TPSA) is 84.5 Å². The molecule has 3 fully saturated rings. The number of primary sulfonamides is 1. The van der Waals surface area contributed by atoms with E-state index in [1.165, 1.54) is 60.7 Å². The quantitative estimate of drug-likeness (QED) is 0.500. The van der Waals surface area contributed by atoms with Gasteiger partial charge in [0.25, 0.3) is 0 Å². The number of hydrogen-bond acceptors (Lipinski definition) is 5. The van der Waals surface area contributed by atoms with Gasteiger partial charge in [0.05, 0.1) is 5.75 Å². The number of piperidine rings is 1. The van der Waals surface area contributed by atoms with Crippen LogP contribution in [0, 0.1) is 0 Å². The number of allylic oxidation sites excluding steroid dienone is 2. The minimum atomic E-state index is -3.47. The summed E-state index contributed by atoms with van der Waals surface area (Å²) in [6, 6.07) is 5.37. The maximum absolute atomic E-state index is 11.7. The minimum Gasteiger partial charge on any atom is -0.326 e. The zero-order valence-electron chi connectivity index (χ0n) is 22.8. The Kier molecular flexibility index (Phi) is 8.39. The van der Waals surface area contributed by atoms with Gasteiger partial charge in [0.2, 0.25) is 10.0 Å². The van der Waals surface area contributed by atoms with E-state index in [1.54, 1.807) is 5.57 Å². The van der Waals surface area contributed by atoms with E-state index in [-0.39, 0.29) is 5.75 Å². The molecular weight excluding hydrogens is 482 g/mol. The van der Waals surface area contributed by atoms with Gasteiger partial charge in [0, 0.05) is 49.0 Å². The Morgan fingerprint density at radius 3 is 2.38 bits per heavy atom. The van der Waals surface area contributed by atoms with Crippen LogP contribution in [0.5, 0.6) is 0 Å². The van der Waals surface area contributed by atoms with Crippen LogP contribution in [0.15, 0.2) is 29.5 Å². The summed E-state index contributed by atoms with van der Waals surface area (Å²) in [5.74, 6) is 0.0267. The molecule has 0 unspecified atom stereocenters. The van der Waals surface area contributed by atoms with Crippen molar-refractivity contribution in [2.45, 2.75) is 96.7 Å². The van der Waals surface area contributed by atoms with E-state index >= 15 is 0 Å². The number of nitrogens with two attached hydrogens (primary N) is 1. The molecule has 3 aliphatic rings. The van der Waals surface area contributed by atoms with E-state index in [2.05, 4.69) is 34.3 Å². The van der Waals surface area contributed by atoms with Crippen molar-refractivity contribution in [1.82, 2.24) is 19.4 Å². The molecule has 8 heteroatoms. The average molecular weight is 528 g/mol. The van der Waals surface area contributed by atoms with Crippen LogP contribution in [0.3, 0.4) is 0 Å². The molecule has 2 aliphatic heterocycles. The van der Waals surface area contributed by atoms with E-state index < -0.39 is 10.0 Å². The molecule has 4 heterocycles. The SMILES string of the molecule is CC(C)=C1CCC(N2CCC(n3c(CCCS(N)(=O)=O)c(CN4CCCC4)c4cccnc43)CC2)CC1. The number of hydrogen-bond donors (Lipinski definition) is 1. The molecule has 0 amide bonds. The third-order valence-electron chi connectivity index (χ3n) is 9.05. The minimum absolute atomic E-state index is 0.0267. The zero-order chi connectivity index (χ0) is 26.0. The molecular formula is C29H45N5O2S. The Morgan fingerprint density at radius 1 is 1.03 bits per heavy atom. The highest BCUT2D eigenvalue weighted by atomic mass is 32.2. The largest absolute Gasteiger partial charge is 0.326 e. The standard InChI is InChI=1S/C29H45N5O2S/c1-22(2)23-9-11-24(12-10-23)33-18-13-25(14-19-33)34-28(8-6-20-37(30,35)36)27(21-32-16-3-4-17-32)26-7-5-15-31-29(26)34/h5,7,15,24-25H,3-4,6,8-14,16-21H2,1-2H3,(H2,30,35,36). The first kappa shape index (κ1) is 26.9. The first-order valence-electron chi connectivity index (χ1n) is 14.4. The van der Waals surface area contributed by atoms with Crippen LogP contribution in [0.1, 0.15) is 88.9 Å². The third kappa shape index (κ3) is 6.29. The van der Waals surface area contributed by atoms with E-state index in [1.807, 2.05) is 12.3 Å². The van der Waals surface area contributed by atoms with Gasteiger partial charge in [0.1, 0.15) is 5.65 Å². The molecule has 0 radical (unpaired) electrons. The van der Waals surface area contributed by atoms with Gasteiger partial charge >= 0.3 is 0 Å². The van der Waals surface area contributed by atoms with Crippen molar-refractivity contribution in [2.24, 2.45) is 5.14 Å². The number of likely N-dealkylation sites (tertiary alicyclic amines) is 2. The molecule has 37 heavy (non-hydrogen) atoms. The molecule has 204 valence electrons. The predicted molar refractivity (Wildman–Crippen MR) is 151 cm³/mol. The predicted octanol–water partition coefficient (Wildman–Crippen LogP) is 4.77. The third-order valence-corrected chi connectivity index (χ3v) is 9.91. The molecule has 2 aromatic rings. The fourth-order valence-electron chi connectivity index (χ4n) is 7.02. The van der Waals surface area contributed by atoms with Crippen molar-refractivity contribution in [3.8, 4) is 0 Å². The van der Waals surface area contributed by atoms with E-state index in [4.69, 9.17) is 10.1 Å². The van der Waals surface area contributed by atoms with Gasteiger partial charge < -0.3 is 9.47 Å². The van der Waals surface area contributed by atoms with Crippen molar-refractivity contribution < 1.29 is 8.42 Å². The smallest absolute Gasteiger partial charge is 0.209 e. The molecule has 1 aliphatic carbocycles. The molecule has 2 N–H and O–H groups in total. The normalized spacial score (nSPS) is 22.8. The molecule has 2 saturated heterocycles. The molecule has 0 bridgehead atoms. The summed E-state index contributed by atoms with van der Waals surface area (Å²) in [4.78, 5) is 10.2. The Bertz CT molecular complexity index is 1210. The maximum Gasteiger partial charge on any atom is 0.209 e. The van der Waals surface area contributed by atoms with Gasteiger partial charge in [-0.25, -0.2) is 18.5 Å². The summed E-state index contributed by atoms with van der Waals surface area (Å²) < 4.78 is 26.0. The fourth-order valence-corrected chi connectivity index (χ4v) is 7.57. The summed E-state index contributed by atoms with van der Waals surface area (Å²) in [6.45, 7) is 9.97. The number of aromatic nitrogens is 2. The number of pyridine rings is 1. The lowest BCUT2D eigenvalue weighted by molar-refractivity contribution is 0.116. The lowest BCUT2D eigenvalue weighted by atomic mass is 9.86. The Labute approximate surface area is 223 Å². The van der Waals surface area contributed by atoms with Crippen molar-refractivity contribution in [3.05, 3.63) is 40.7 Å². The summed E-state index contributed by atoms with van der Waals surface area (Å²) in [5.41, 5.74) is 6.90. The Morgan fingerprint density at radius 2 is 1.73 bits per heavy atom. The number of fused-ring (bicyclic) bond motifs is 1. The molecule has 1 saturated carbocycles. The molecule has 2 aromatic heterocycles. The van der Waals surface area contributed by atoms with Crippen LogP contribution >= 0.6 is 0 Å². The van der Waals surface area contributed by atoms with Gasteiger partial charge in [-0.1, -0.05) is 11.1 Å². The second-order valence-corrected chi connectivity index (χ2v) is 13.5. The van der Waals surface area contributed by atoms with Gasteiger partial charge in [-0.05, 0) is 109 Å². The van der Waals surface area contributed by atoms with E-state index in [0.29, 0.717) is 18.5 Å². The zero-order valence-corrected chi connectivity index (χ0v) is 23.6. The maximum atomic E-state index is 11.7. The first-order chi connectivity index (χ1) is 17.8. The highest BCUT2D eigenvalue weighted by Crippen LogP contribution is 2.37. The van der Waals surface area contributed by atoms with Gasteiger partial charge in [-0.3, -0.25) is 4.90 Å². The van der Waals surface area contributed by atoms with Gasteiger partial charge in [0.15, 0.2) is 0 Å². The van der Waals surface area contributed by atoms with Crippen molar-refractivity contribution in [2.75, 3.05) is 31.9 Å². The number of nitrogens with zero attached hydrogens (tertiary/aromatic N) is 4. The van der Waals surface area contributed by atoms with Crippen LogP contribution in [0.2, 0.25) is 0 Å². The Hall–Kier alpha value is -1.74. The summed E-state index contributed by atoms with van der Waals surface area (Å²) >= 11 is 0. The summed E-state index contributed by atoms with van der Waals surface area (Å²) in [7, 11) is -3.47. The lowest BCUT2D eigenvalue weighted by Crippen LogP contribution is -2.43. The van der Waals surface area contributed by atoms with Gasteiger partial charge in [-0.15, -0.1) is 0 Å². The highest BCUT2D eigenvalue weighted by Gasteiger charge is 2.31. The van der Waals surface area contributed by atoms with Crippen LogP contribution < -0.4 is 5.14 Å². The second-order valence-electron chi connectivity index (χ2n) is 11.7. The van der Waals surface area contributed by atoms with E-state index in [0.717, 1.165) is 57.6 Å². The molecule has 0 atom stereocenters. The average Bonchev–Trinajstić information content (AvgIpc) is 3.50. The van der Waals surface area contributed by atoms with Crippen molar-refractivity contribution in [1.29, 1.82) is 0 Å². The fraction of sp³-hybridized carbons (Fsp3) is 0.690. The van der Waals surface area contributed by atoms with Crippen LogP contribution in [-0.2, 0) is 23.0 Å². The van der Waals surface area contributed by atoms with Gasteiger partial charge in [-0.2, -0.15) is 0 Å². The molecule has 5 rings (SSSR count). The summed E-state index contributed by atoms with van der Waals surface area (Å²) in [6.07, 6.45) is 13.0. The van der Waals surface area contributed by atoms with Crippen LogP contribution in [0.25, 0.3) is 11.0 Å². The van der Waals surface area contributed by atoms with Crippen molar-refractivity contribution in [3.63, 3.8) is 0 Å². The van der Waals surface area contributed by atoms with Crippen LogP contribution in [0.4, 0.5) is 0 Å². The van der Waals surface area contributed by atoms with E-state index in [9.17, 15) is 8.42 Å². The molecule has 7 nitrogen and oxygen atoms in total. The van der Waals surface area contributed by atoms with Crippen molar-refractivity contribution >= 4 is 21.1 Å². The molecule has 0 aromatic carbocycles. The second kappa shape index (κ2) is 11.6. The number of sulfonamides is 1. The number of rotatable bonds is 8. The molecule has 0 spiro atoms. The monoisotopic (exact) mass is 527 g/mol. The lowest BCUT2D eigenvalue weighted by Gasteiger charge is -2.40. The highest BCUT2D eigenvalue weighted by molar-refractivity contribution is 7.89. The van der Waals surface area contributed by atoms with Crippen LogP contribution in [-0.4, -0.2) is 65.7 Å². The first-order valence-corrected chi connectivity index (χ1v) is 16.1. The summed E-state index contributed by atoms with van der Waals surface area (Å²) in [5, 5.41) is 6.61. The Balaban J connectivity index is 1.38.